The molecule has 1 heterocycles. The molecule has 3 aromatic rings. The Balaban J connectivity index is 1.69. The largest absolute Gasteiger partial charge is 0.452 e. The summed E-state index contributed by atoms with van der Waals surface area (Å²) >= 11 is 17.6. The van der Waals surface area contributed by atoms with E-state index in [4.69, 9.17) is 63.9 Å². The van der Waals surface area contributed by atoms with Crippen LogP contribution >= 0.6 is 34.8 Å². The molecule has 0 saturated carbocycles. The highest BCUT2D eigenvalue weighted by atomic mass is 35.6. The second-order valence-corrected chi connectivity index (χ2v) is 11.2. The molecule has 3 aromatic carbocycles. The Morgan fingerprint density at radius 3 is 1.73 bits per heavy atom. The average Bonchev–Trinajstić information content (AvgIpc) is 2.95. The first kappa shape index (κ1) is 29.8. The summed E-state index contributed by atoms with van der Waals surface area (Å²) < 4.78 is 27.3. The smallest absolute Gasteiger partial charge is 0.338 e. The number of halogens is 3. The van der Waals surface area contributed by atoms with Gasteiger partial charge in [-0.3, -0.25) is 5.41 Å². The highest BCUT2D eigenvalue weighted by Gasteiger charge is 2.52. The van der Waals surface area contributed by atoms with Crippen LogP contribution in [0.3, 0.4) is 0 Å². The van der Waals surface area contributed by atoms with Gasteiger partial charge in [-0.25, -0.2) is 9.59 Å². The van der Waals surface area contributed by atoms with E-state index in [-0.39, 0.29) is 12.2 Å². The van der Waals surface area contributed by atoms with Crippen molar-refractivity contribution in [2.24, 2.45) is 0 Å². The van der Waals surface area contributed by atoms with Gasteiger partial charge in [-0.1, -0.05) is 102 Å². The molecule has 11 heteroatoms. The highest BCUT2D eigenvalue weighted by molar-refractivity contribution is 6.76. The number of hydrogen-bond acceptors (Lipinski definition) is 8. The maximum Gasteiger partial charge on any atom is 0.338 e. The molecule has 1 fully saturated rings. The lowest BCUT2D eigenvalue weighted by Gasteiger charge is -2.44. The third-order valence-electron chi connectivity index (χ3n) is 6.01. The third kappa shape index (κ3) is 7.74. The van der Waals surface area contributed by atoms with E-state index >= 15 is 0 Å². The van der Waals surface area contributed by atoms with Gasteiger partial charge in [0.2, 0.25) is 12.2 Å². The number of carbonyl (C=O) groups excluding carboxylic acids is 2. The van der Waals surface area contributed by atoms with Gasteiger partial charge in [0.15, 0.2) is 18.3 Å². The van der Waals surface area contributed by atoms with E-state index in [0.717, 1.165) is 5.56 Å². The summed E-state index contributed by atoms with van der Waals surface area (Å²) in [7, 11) is 0. The number of benzene rings is 3. The Morgan fingerprint density at radius 1 is 0.750 bits per heavy atom. The molecule has 0 spiro atoms. The normalized spacial score (nSPS) is 22.6. The van der Waals surface area contributed by atoms with Crippen LogP contribution in [-0.4, -0.2) is 52.3 Å². The molecule has 1 N–H and O–H groups in total. The Labute approximate surface area is 246 Å². The van der Waals surface area contributed by atoms with Crippen molar-refractivity contribution in [3.8, 4) is 0 Å². The van der Waals surface area contributed by atoms with Gasteiger partial charge in [0, 0.05) is 0 Å². The lowest BCUT2D eigenvalue weighted by atomic mass is 9.98. The van der Waals surface area contributed by atoms with E-state index in [1.165, 1.54) is 0 Å². The molecule has 0 unspecified atom stereocenters. The number of hydrogen-bond donors (Lipinski definition) is 1. The molecule has 210 valence electrons. The third-order valence-corrected chi connectivity index (χ3v) is 6.52. The van der Waals surface area contributed by atoms with Crippen molar-refractivity contribution in [1.29, 1.82) is 5.41 Å². The molecular weight excluding hydrogens is 581 g/mol. The first-order chi connectivity index (χ1) is 19.1. The van der Waals surface area contributed by atoms with Gasteiger partial charge in [0.1, 0.15) is 0 Å². The zero-order valence-electron chi connectivity index (χ0n) is 21.2. The van der Waals surface area contributed by atoms with Crippen molar-refractivity contribution in [3.05, 3.63) is 108 Å². The molecule has 0 aliphatic carbocycles. The Kier molecular flexibility index (Phi) is 10.1. The standard InChI is InChI=1S/C29H26Cl3NO7/c1-18-22(38-25(34)20-13-7-3-8-14-20)23(39-26(35)21-15-9-4-10-16-21)24(36-17-19-11-5-2-6-12-19)27(37-18)40-28(33)29(30,31)32/h2-16,18,22-24,27,33H,17H2,1H3/t18-,22+,23+,24-,27-/m0/s1. The van der Waals surface area contributed by atoms with Crippen molar-refractivity contribution in [1.82, 2.24) is 0 Å². The van der Waals surface area contributed by atoms with Crippen molar-refractivity contribution in [2.45, 2.75) is 48.0 Å². The molecule has 40 heavy (non-hydrogen) atoms. The predicted octanol–water partition coefficient (Wildman–Crippen LogP) is 6.13. The quantitative estimate of drug-likeness (QED) is 0.142. The SMILES string of the molecule is C[C@@H]1O[C@@H](OC(=N)C(Cl)(Cl)Cl)[C@@H](OCc2ccccc2)[C@H](OC(=O)c2ccccc2)[C@@H]1OC(=O)c1ccccc1. The molecule has 5 atom stereocenters. The van der Waals surface area contributed by atoms with E-state index in [9.17, 15) is 9.59 Å². The van der Waals surface area contributed by atoms with E-state index in [1.54, 1.807) is 67.6 Å². The highest BCUT2D eigenvalue weighted by Crippen LogP contribution is 2.34. The summed E-state index contributed by atoms with van der Waals surface area (Å²) in [4.78, 5) is 26.3. The van der Waals surface area contributed by atoms with Crippen LogP contribution in [0, 0.1) is 5.41 Å². The number of rotatable bonds is 8. The van der Waals surface area contributed by atoms with Gasteiger partial charge in [0.05, 0.1) is 23.8 Å². The minimum Gasteiger partial charge on any atom is -0.452 e. The van der Waals surface area contributed by atoms with Crippen LogP contribution in [-0.2, 0) is 30.3 Å². The maximum atomic E-state index is 13.2. The van der Waals surface area contributed by atoms with Gasteiger partial charge >= 0.3 is 11.9 Å². The van der Waals surface area contributed by atoms with Gasteiger partial charge in [-0.2, -0.15) is 0 Å². The second-order valence-electron chi connectivity index (χ2n) is 8.89. The summed E-state index contributed by atoms with van der Waals surface area (Å²) in [5.41, 5.74) is 1.35. The van der Waals surface area contributed by atoms with Crippen LogP contribution < -0.4 is 0 Å². The first-order valence-electron chi connectivity index (χ1n) is 12.3. The van der Waals surface area contributed by atoms with E-state index in [1.807, 2.05) is 30.3 Å². The summed E-state index contributed by atoms with van der Waals surface area (Å²) in [5, 5.41) is 8.10. The molecule has 4 rings (SSSR count). The number of nitrogens with one attached hydrogen (secondary N) is 1. The van der Waals surface area contributed by atoms with Crippen LogP contribution in [0.4, 0.5) is 0 Å². The van der Waals surface area contributed by atoms with Crippen molar-refractivity contribution < 1.29 is 33.3 Å². The molecular formula is C29H26Cl3NO7. The number of alkyl halides is 3. The second kappa shape index (κ2) is 13.5. The number of esters is 2. The predicted molar refractivity (Wildman–Crippen MR) is 150 cm³/mol. The van der Waals surface area contributed by atoms with Crippen LogP contribution in [0.25, 0.3) is 0 Å². The maximum absolute atomic E-state index is 13.2. The van der Waals surface area contributed by atoms with Crippen molar-refractivity contribution >= 4 is 52.6 Å². The van der Waals surface area contributed by atoms with Crippen LogP contribution in [0.1, 0.15) is 33.2 Å². The lowest BCUT2D eigenvalue weighted by molar-refractivity contribution is -0.284. The Bertz CT molecular complexity index is 1290. The fourth-order valence-corrected chi connectivity index (χ4v) is 4.16. The number of ether oxygens (including phenoxy) is 5. The summed E-state index contributed by atoms with van der Waals surface area (Å²) in [6.45, 7) is 1.65. The Morgan fingerprint density at radius 2 is 1.23 bits per heavy atom. The molecule has 0 radical (unpaired) electrons. The zero-order valence-corrected chi connectivity index (χ0v) is 23.5. The summed E-state index contributed by atoms with van der Waals surface area (Å²) in [6.07, 6.45) is -5.80. The van der Waals surface area contributed by atoms with Gasteiger partial charge < -0.3 is 23.7 Å². The van der Waals surface area contributed by atoms with Crippen LogP contribution in [0.2, 0.25) is 0 Å². The summed E-state index contributed by atoms with van der Waals surface area (Å²) in [5.74, 6) is -2.07. The van der Waals surface area contributed by atoms with Crippen molar-refractivity contribution in [3.63, 3.8) is 0 Å². The topological polar surface area (TPSA) is 104 Å². The van der Waals surface area contributed by atoms with Gasteiger partial charge in [0.25, 0.3) is 3.79 Å². The van der Waals surface area contributed by atoms with E-state index < -0.39 is 52.3 Å². The fraction of sp³-hybridized carbons (Fsp3) is 0.276. The zero-order chi connectivity index (χ0) is 28.7. The lowest BCUT2D eigenvalue weighted by Crippen LogP contribution is -2.61. The molecule has 0 amide bonds. The monoisotopic (exact) mass is 605 g/mol. The van der Waals surface area contributed by atoms with Crippen molar-refractivity contribution in [2.75, 3.05) is 0 Å². The number of carbonyl (C=O) groups is 2. The van der Waals surface area contributed by atoms with E-state index in [0.29, 0.717) is 5.56 Å². The van der Waals surface area contributed by atoms with Gasteiger partial charge in [-0.15, -0.1) is 0 Å². The van der Waals surface area contributed by atoms with Crippen LogP contribution in [0.5, 0.6) is 0 Å². The average molecular weight is 607 g/mol. The molecule has 1 aliphatic heterocycles. The minimum atomic E-state index is -2.19. The van der Waals surface area contributed by atoms with E-state index in [2.05, 4.69) is 0 Å². The first-order valence-corrected chi connectivity index (χ1v) is 13.4. The fourth-order valence-electron chi connectivity index (χ4n) is 4.02. The molecule has 0 aromatic heterocycles. The van der Waals surface area contributed by atoms with Gasteiger partial charge in [-0.05, 0) is 36.8 Å². The molecule has 8 nitrogen and oxygen atoms in total. The molecule has 1 saturated heterocycles. The Hall–Kier alpha value is -3.14. The molecule has 0 bridgehead atoms. The minimum absolute atomic E-state index is 0.0446. The molecule has 1 aliphatic rings. The summed E-state index contributed by atoms with van der Waals surface area (Å²) in [6, 6.07) is 25.9. The van der Waals surface area contributed by atoms with Crippen LogP contribution in [0.15, 0.2) is 91.0 Å².